The molecular formula is C15H24N4O2. The Labute approximate surface area is 125 Å². The first-order chi connectivity index (χ1) is 10.3. The Morgan fingerprint density at radius 3 is 2.76 bits per heavy atom. The van der Waals surface area contributed by atoms with Crippen molar-refractivity contribution in [3.63, 3.8) is 0 Å². The minimum atomic E-state index is 0.0271. The molecule has 1 saturated heterocycles. The van der Waals surface area contributed by atoms with Crippen molar-refractivity contribution in [1.29, 1.82) is 0 Å². The van der Waals surface area contributed by atoms with Crippen molar-refractivity contribution in [2.45, 2.75) is 50.4 Å². The van der Waals surface area contributed by atoms with Gasteiger partial charge in [0.2, 0.25) is 5.91 Å². The summed E-state index contributed by atoms with van der Waals surface area (Å²) in [7, 11) is 1.71. The highest BCUT2D eigenvalue weighted by atomic mass is 16.5. The van der Waals surface area contributed by atoms with E-state index in [4.69, 9.17) is 9.72 Å². The van der Waals surface area contributed by atoms with Gasteiger partial charge in [-0.1, -0.05) is 12.8 Å². The molecule has 0 spiro atoms. The molecule has 0 aromatic carbocycles. The summed E-state index contributed by atoms with van der Waals surface area (Å²) in [5.41, 5.74) is 0. The Morgan fingerprint density at radius 1 is 1.24 bits per heavy atom. The van der Waals surface area contributed by atoms with E-state index in [2.05, 4.69) is 15.5 Å². The van der Waals surface area contributed by atoms with E-state index in [0.29, 0.717) is 5.92 Å². The number of carbonyl (C=O) groups excluding carboxylic acids is 1. The quantitative estimate of drug-likeness (QED) is 0.889. The second-order valence-electron chi connectivity index (χ2n) is 6.08. The van der Waals surface area contributed by atoms with E-state index in [1.165, 1.54) is 0 Å². The third kappa shape index (κ3) is 3.10. The van der Waals surface area contributed by atoms with Crippen LogP contribution in [-0.2, 0) is 9.53 Å². The molecule has 1 aliphatic heterocycles. The molecular weight excluding hydrogens is 268 g/mol. The third-order valence-corrected chi connectivity index (χ3v) is 4.81. The normalized spacial score (nSPS) is 27.5. The average Bonchev–Trinajstić information content (AvgIpc) is 3.05. The summed E-state index contributed by atoms with van der Waals surface area (Å²) in [5, 5.41) is 10.3. The van der Waals surface area contributed by atoms with E-state index in [0.717, 1.165) is 63.4 Å². The fourth-order valence-corrected chi connectivity index (χ4v) is 3.55. The molecule has 1 aromatic heterocycles. The standard InChI is InChI=1S/C15H24N4O2/c1-16-15(20)12-5-3-2-4-11(12)14-17-13(18-19-14)10-6-8-21-9-7-10/h10-12H,2-9H2,1H3,(H,16,20)(H,17,18,19)/t11-,12+/m0/s1. The molecule has 1 amide bonds. The predicted octanol–water partition coefficient (Wildman–Crippen LogP) is 1.72. The van der Waals surface area contributed by atoms with Crippen molar-refractivity contribution in [3.05, 3.63) is 11.6 Å². The molecule has 21 heavy (non-hydrogen) atoms. The van der Waals surface area contributed by atoms with Crippen molar-refractivity contribution in [2.24, 2.45) is 5.92 Å². The Balaban J connectivity index is 1.75. The van der Waals surface area contributed by atoms with E-state index in [1.54, 1.807) is 7.05 Å². The van der Waals surface area contributed by atoms with E-state index in [9.17, 15) is 4.79 Å². The lowest BCUT2D eigenvalue weighted by Crippen LogP contribution is -2.34. The number of nitrogens with one attached hydrogen (secondary N) is 2. The summed E-state index contributed by atoms with van der Waals surface area (Å²) in [6, 6.07) is 0. The van der Waals surface area contributed by atoms with Crippen LogP contribution in [0.4, 0.5) is 0 Å². The Bertz CT molecular complexity index is 482. The fourth-order valence-electron chi connectivity index (χ4n) is 3.55. The Morgan fingerprint density at radius 2 is 2.00 bits per heavy atom. The lowest BCUT2D eigenvalue weighted by Gasteiger charge is -2.28. The van der Waals surface area contributed by atoms with E-state index >= 15 is 0 Å². The van der Waals surface area contributed by atoms with Crippen LogP contribution >= 0.6 is 0 Å². The highest BCUT2D eigenvalue weighted by Gasteiger charge is 2.34. The molecule has 6 heteroatoms. The number of amides is 1. The Kier molecular flexibility index (Phi) is 4.53. The van der Waals surface area contributed by atoms with E-state index in [1.807, 2.05) is 0 Å². The van der Waals surface area contributed by atoms with Gasteiger partial charge in [0.05, 0.1) is 0 Å². The second-order valence-corrected chi connectivity index (χ2v) is 6.08. The largest absolute Gasteiger partial charge is 0.381 e. The van der Waals surface area contributed by atoms with Crippen LogP contribution in [0.2, 0.25) is 0 Å². The summed E-state index contributed by atoms with van der Waals surface area (Å²) < 4.78 is 5.39. The SMILES string of the molecule is CNC(=O)[C@@H]1CCCC[C@@H]1c1nc(C2CCOCC2)n[nH]1. The van der Waals surface area contributed by atoms with Gasteiger partial charge in [-0.05, 0) is 25.7 Å². The molecule has 1 saturated carbocycles. The highest BCUT2D eigenvalue weighted by Crippen LogP contribution is 2.37. The topological polar surface area (TPSA) is 79.9 Å². The molecule has 0 radical (unpaired) electrons. The van der Waals surface area contributed by atoms with Gasteiger partial charge < -0.3 is 10.1 Å². The molecule has 2 heterocycles. The van der Waals surface area contributed by atoms with Crippen LogP contribution in [-0.4, -0.2) is 41.3 Å². The zero-order chi connectivity index (χ0) is 14.7. The number of hydrogen-bond acceptors (Lipinski definition) is 4. The molecule has 1 aliphatic carbocycles. The van der Waals surface area contributed by atoms with Crippen molar-refractivity contribution in [3.8, 4) is 0 Å². The molecule has 3 rings (SSSR count). The summed E-state index contributed by atoms with van der Waals surface area (Å²) in [6.07, 6.45) is 6.21. The maximum Gasteiger partial charge on any atom is 0.223 e. The summed E-state index contributed by atoms with van der Waals surface area (Å²) in [4.78, 5) is 16.8. The lowest BCUT2D eigenvalue weighted by atomic mass is 9.78. The van der Waals surface area contributed by atoms with Crippen molar-refractivity contribution >= 4 is 5.91 Å². The minimum absolute atomic E-state index is 0.0271. The first-order valence-corrected chi connectivity index (χ1v) is 8.01. The molecule has 2 aliphatic rings. The maximum absolute atomic E-state index is 12.1. The first kappa shape index (κ1) is 14.5. The van der Waals surface area contributed by atoms with E-state index < -0.39 is 0 Å². The first-order valence-electron chi connectivity index (χ1n) is 8.01. The summed E-state index contributed by atoms with van der Waals surface area (Å²) in [6.45, 7) is 1.58. The highest BCUT2D eigenvalue weighted by molar-refractivity contribution is 5.79. The molecule has 2 N–H and O–H groups in total. The van der Waals surface area contributed by atoms with Crippen LogP contribution < -0.4 is 5.32 Å². The van der Waals surface area contributed by atoms with Crippen molar-refractivity contribution in [1.82, 2.24) is 20.5 Å². The minimum Gasteiger partial charge on any atom is -0.381 e. The predicted molar refractivity (Wildman–Crippen MR) is 77.9 cm³/mol. The van der Waals surface area contributed by atoms with Crippen LogP contribution in [0.5, 0.6) is 0 Å². The molecule has 6 nitrogen and oxygen atoms in total. The zero-order valence-electron chi connectivity index (χ0n) is 12.6. The van der Waals surface area contributed by atoms with Crippen molar-refractivity contribution < 1.29 is 9.53 Å². The van der Waals surface area contributed by atoms with Gasteiger partial charge in [-0.25, -0.2) is 4.98 Å². The molecule has 2 atom stereocenters. The number of aromatic amines is 1. The van der Waals surface area contributed by atoms with Gasteiger partial charge in [0.1, 0.15) is 5.82 Å². The maximum atomic E-state index is 12.1. The van der Waals surface area contributed by atoms with Crippen LogP contribution in [0.1, 0.15) is 62.0 Å². The van der Waals surface area contributed by atoms with Gasteiger partial charge in [0.15, 0.2) is 5.82 Å². The molecule has 0 unspecified atom stereocenters. The zero-order valence-corrected chi connectivity index (χ0v) is 12.6. The molecule has 0 bridgehead atoms. The molecule has 1 aromatic rings. The number of rotatable bonds is 3. The number of nitrogens with zero attached hydrogens (tertiary/aromatic N) is 2. The van der Waals surface area contributed by atoms with Crippen LogP contribution in [0.3, 0.4) is 0 Å². The van der Waals surface area contributed by atoms with Crippen LogP contribution in [0.15, 0.2) is 0 Å². The number of H-pyrrole nitrogens is 1. The van der Waals surface area contributed by atoms with Gasteiger partial charge in [-0.3, -0.25) is 9.89 Å². The van der Waals surface area contributed by atoms with Gasteiger partial charge in [0.25, 0.3) is 0 Å². The number of carbonyl (C=O) groups is 1. The summed E-state index contributed by atoms with van der Waals surface area (Å²) >= 11 is 0. The van der Waals surface area contributed by atoms with Gasteiger partial charge >= 0.3 is 0 Å². The fraction of sp³-hybridized carbons (Fsp3) is 0.800. The van der Waals surface area contributed by atoms with E-state index in [-0.39, 0.29) is 17.7 Å². The number of aromatic nitrogens is 3. The van der Waals surface area contributed by atoms with Gasteiger partial charge in [0, 0.05) is 38.0 Å². The number of ether oxygens (including phenoxy) is 1. The Hall–Kier alpha value is -1.43. The van der Waals surface area contributed by atoms with Crippen molar-refractivity contribution in [2.75, 3.05) is 20.3 Å². The number of hydrogen-bond donors (Lipinski definition) is 2. The smallest absolute Gasteiger partial charge is 0.223 e. The van der Waals surface area contributed by atoms with Crippen LogP contribution in [0, 0.1) is 5.92 Å². The molecule has 116 valence electrons. The third-order valence-electron chi connectivity index (χ3n) is 4.81. The van der Waals surface area contributed by atoms with Crippen LogP contribution in [0.25, 0.3) is 0 Å². The van der Waals surface area contributed by atoms with Gasteiger partial charge in [-0.15, -0.1) is 0 Å². The monoisotopic (exact) mass is 292 g/mol. The molecule has 2 fully saturated rings. The summed E-state index contributed by atoms with van der Waals surface area (Å²) in [5.74, 6) is 2.52. The second kappa shape index (κ2) is 6.56. The lowest BCUT2D eigenvalue weighted by molar-refractivity contribution is -0.126. The van der Waals surface area contributed by atoms with Gasteiger partial charge in [-0.2, -0.15) is 5.10 Å². The average molecular weight is 292 g/mol.